The average molecular weight is 378 g/mol. The Morgan fingerprint density at radius 1 is 1.08 bits per heavy atom. The van der Waals surface area contributed by atoms with E-state index in [9.17, 15) is 0 Å². The number of fused-ring (bicyclic) bond motifs is 1. The van der Waals surface area contributed by atoms with E-state index < -0.39 is 0 Å². The van der Waals surface area contributed by atoms with Gasteiger partial charge in [0.15, 0.2) is 5.96 Å². The quantitative estimate of drug-likeness (QED) is 0.349. The lowest BCUT2D eigenvalue weighted by atomic mass is 10.1. The molecule has 24 heavy (non-hydrogen) atoms. The predicted molar refractivity (Wildman–Crippen MR) is 109 cm³/mol. The fourth-order valence-electron chi connectivity index (χ4n) is 2.33. The van der Waals surface area contributed by atoms with E-state index >= 15 is 0 Å². The lowest BCUT2D eigenvalue weighted by Crippen LogP contribution is -2.22. The molecular weight excluding hydrogens is 361 g/mol. The molecule has 0 saturated heterocycles. The molecule has 0 unspecified atom stereocenters. The molecule has 0 aromatic heterocycles. The highest BCUT2D eigenvalue weighted by Crippen LogP contribution is 2.28. The fourth-order valence-corrected chi connectivity index (χ4v) is 2.93. The number of nitrogens with one attached hydrogen (secondary N) is 1. The van der Waals surface area contributed by atoms with Crippen LogP contribution in [-0.2, 0) is 0 Å². The van der Waals surface area contributed by atoms with Gasteiger partial charge < -0.3 is 11.1 Å². The second-order valence-corrected chi connectivity index (χ2v) is 6.25. The van der Waals surface area contributed by atoms with Crippen LogP contribution in [0.15, 0.2) is 70.6 Å². The van der Waals surface area contributed by atoms with Crippen molar-refractivity contribution in [3.8, 4) is 0 Å². The van der Waals surface area contributed by atoms with Crippen LogP contribution in [0.5, 0.6) is 0 Å². The van der Waals surface area contributed by atoms with Gasteiger partial charge in [-0.2, -0.15) is 0 Å². The van der Waals surface area contributed by atoms with Crippen molar-refractivity contribution in [1.82, 2.24) is 0 Å². The van der Waals surface area contributed by atoms with Gasteiger partial charge >= 0.3 is 0 Å². The maximum atomic E-state index is 6.21. The van der Waals surface area contributed by atoms with E-state index in [1.807, 2.05) is 54.8 Å². The van der Waals surface area contributed by atoms with Gasteiger partial charge in [0.1, 0.15) is 0 Å². The summed E-state index contributed by atoms with van der Waals surface area (Å²) in [7, 11) is 0. The zero-order valence-electron chi connectivity index (χ0n) is 13.0. The Morgan fingerprint density at radius 3 is 2.62 bits per heavy atom. The molecule has 124 valence electrons. The average Bonchev–Trinajstić information content (AvgIpc) is 2.57. The van der Waals surface area contributed by atoms with Crippen molar-refractivity contribution >= 4 is 63.9 Å². The van der Waals surface area contributed by atoms with E-state index in [0.29, 0.717) is 11.0 Å². The zero-order chi connectivity index (χ0) is 16.2. The predicted octanol–water partition coefficient (Wildman–Crippen LogP) is 5.70. The minimum atomic E-state index is 0. The second kappa shape index (κ2) is 8.29. The molecule has 0 radical (unpaired) electrons. The largest absolute Gasteiger partial charge is 0.369 e. The Morgan fingerprint density at radius 2 is 1.83 bits per heavy atom. The molecule has 0 aliphatic carbocycles. The molecule has 0 aliphatic rings. The minimum Gasteiger partial charge on any atom is -0.369 e. The number of hydrogen-bond donors (Lipinski definition) is 2. The van der Waals surface area contributed by atoms with Crippen LogP contribution in [0.1, 0.15) is 0 Å². The maximum absolute atomic E-state index is 6.21. The molecule has 0 heterocycles. The van der Waals surface area contributed by atoms with Crippen molar-refractivity contribution in [1.29, 1.82) is 0 Å². The molecule has 3 nitrogen and oxygen atoms in total. The molecule has 0 spiro atoms. The maximum Gasteiger partial charge on any atom is 0.198 e. The summed E-state index contributed by atoms with van der Waals surface area (Å²) in [5.41, 5.74) is 7.64. The molecular formula is C18H17Cl2N3S. The standard InChI is InChI=1S/C18H16ClN3S.ClH/c1-23-13-9-10-15(19)17(11-13)22-18(20)21-16-8-4-6-12-5-2-3-7-14(12)16;/h2-11H,1H3,(H3,20,21,22);1H. The zero-order valence-corrected chi connectivity index (χ0v) is 15.4. The fraction of sp³-hybridized carbons (Fsp3) is 0.0556. The van der Waals surface area contributed by atoms with E-state index in [1.54, 1.807) is 11.8 Å². The lowest BCUT2D eigenvalue weighted by molar-refractivity contribution is 1.42. The summed E-state index contributed by atoms with van der Waals surface area (Å²) >= 11 is 7.86. The first-order valence-electron chi connectivity index (χ1n) is 7.10. The topological polar surface area (TPSA) is 50.4 Å². The number of rotatable bonds is 3. The lowest BCUT2D eigenvalue weighted by Gasteiger charge is -2.10. The second-order valence-electron chi connectivity index (χ2n) is 4.97. The molecule has 3 rings (SSSR count). The van der Waals surface area contributed by atoms with Crippen molar-refractivity contribution in [2.45, 2.75) is 4.90 Å². The number of thioether (sulfide) groups is 1. The normalized spacial score (nSPS) is 11.2. The number of aliphatic imine (C=N–C) groups is 1. The highest BCUT2D eigenvalue weighted by Gasteiger charge is 2.04. The third-order valence-corrected chi connectivity index (χ3v) is 4.50. The molecule has 0 aliphatic heterocycles. The minimum absolute atomic E-state index is 0. The number of nitrogens with two attached hydrogens (primary N) is 1. The summed E-state index contributed by atoms with van der Waals surface area (Å²) < 4.78 is 0. The summed E-state index contributed by atoms with van der Waals surface area (Å²) in [6.07, 6.45) is 2.01. The SMILES string of the molecule is CSc1ccc(Cl)c(NC(N)=Nc2cccc3ccccc23)c1.Cl. The smallest absolute Gasteiger partial charge is 0.198 e. The molecule has 3 N–H and O–H groups in total. The van der Waals surface area contributed by atoms with E-state index in [-0.39, 0.29) is 12.4 Å². The molecule has 0 fully saturated rings. The third kappa shape index (κ3) is 4.15. The van der Waals surface area contributed by atoms with Gasteiger partial charge in [0, 0.05) is 10.3 Å². The van der Waals surface area contributed by atoms with E-state index in [2.05, 4.69) is 22.4 Å². The third-order valence-electron chi connectivity index (χ3n) is 3.44. The van der Waals surface area contributed by atoms with Crippen molar-refractivity contribution < 1.29 is 0 Å². The van der Waals surface area contributed by atoms with Crippen LogP contribution >= 0.6 is 35.8 Å². The number of anilines is 1. The molecule has 0 bridgehead atoms. The van der Waals surface area contributed by atoms with Crippen molar-refractivity contribution in [3.05, 3.63) is 65.7 Å². The summed E-state index contributed by atoms with van der Waals surface area (Å²) in [5, 5.41) is 5.88. The molecule has 0 amide bonds. The number of halogens is 2. The van der Waals surface area contributed by atoms with Crippen LogP contribution in [0.4, 0.5) is 11.4 Å². The highest BCUT2D eigenvalue weighted by atomic mass is 35.5. The first kappa shape index (κ1) is 18.5. The Labute approximate surface area is 156 Å². The van der Waals surface area contributed by atoms with Crippen molar-refractivity contribution in [2.75, 3.05) is 11.6 Å². The summed E-state index contributed by atoms with van der Waals surface area (Å²) in [5.74, 6) is 0.307. The number of nitrogens with zero attached hydrogens (tertiary/aromatic N) is 1. The number of guanidine groups is 1. The first-order chi connectivity index (χ1) is 11.2. The monoisotopic (exact) mass is 377 g/mol. The summed E-state index contributed by atoms with van der Waals surface area (Å²) in [4.78, 5) is 5.60. The van der Waals surface area contributed by atoms with E-state index in [0.717, 1.165) is 27.0 Å². The Kier molecular flexibility index (Phi) is 6.37. The van der Waals surface area contributed by atoms with Gasteiger partial charge in [-0.3, -0.25) is 0 Å². The first-order valence-corrected chi connectivity index (χ1v) is 8.70. The van der Waals surface area contributed by atoms with E-state index in [1.165, 1.54) is 0 Å². The van der Waals surface area contributed by atoms with Crippen molar-refractivity contribution in [3.63, 3.8) is 0 Å². The molecule has 6 heteroatoms. The van der Waals surface area contributed by atoms with Gasteiger partial charge in [-0.05, 0) is 35.9 Å². The van der Waals surface area contributed by atoms with Crippen LogP contribution in [-0.4, -0.2) is 12.2 Å². The Bertz CT molecular complexity index is 876. The van der Waals surface area contributed by atoms with Gasteiger partial charge in [-0.1, -0.05) is 48.0 Å². The van der Waals surface area contributed by atoms with Crippen molar-refractivity contribution in [2.24, 2.45) is 10.7 Å². The highest BCUT2D eigenvalue weighted by molar-refractivity contribution is 7.98. The van der Waals surface area contributed by atoms with Gasteiger partial charge in [-0.15, -0.1) is 24.2 Å². The van der Waals surface area contributed by atoms with Gasteiger partial charge in [0.2, 0.25) is 0 Å². The molecule has 0 saturated carbocycles. The summed E-state index contributed by atoms with van der Waals surface area (Å²) in [6.45, 7) is 0. The Hall–Kier alpha value is -1.88. The van der Waals surface area contributed by atoms with E-state index in [4.69, 9.17) is 17.3 Å². The van der Waals surface area contributed by atoms with Crippen LogP contribution in [0, 0.1) is 0 Å². The number of hydrogen-bond acceptors (Lipinski definition) is 2. The van der Waals surface area contributed by atoms with Gasteiger partial charge in [-0.25, -0.2) is 4.99 Å². The van der Waals surface area contributed by atoms with Crippen LogP contribution in [0.3, 0.4) is 0 Å². The van der Waals surface area contributed by atoms with Gasteiger partial charge in [0.25, 0.3) is 0 Å². The van der Waals surface area contributed by atoms with Crippen LogP contribution in [0.25, 0.3) is 10.8 Å². The summed E-state index contributed by atoms with van der Waals surface area (Å²) in [6, 6.07) is 19.8. The number of benzene rings is 3. The Balaban J connectivity index is 0.00000208. The van der Waals surface area contributed by atoms with Crippen LogP contribution in [0.2, 0.25) is 5.02 Å². The van der Waals surface area contributed by atoms with Gasteiger partial charge in [0.05, 0.1) is 16.4 Å². The van der Waals surface area contributed by atoms with Crippen LogP contribution < -0.4 is 11.1 Å². The molecule has 0 atom stereocenters. The molecule has 3 aromatic carbocycles. The molecule has 3 aromatic rings.